The monoisotopic (exact) mass is 1160 g/mol. The minimum atomic E-state index is -3.27. The quantitative estimate of drug-likeness (QED) is 0.109. The Kier molecular flexibility index (Phi) is 17.6. The second-order valence-corrected chi connectivity index (χ2v) is 27.1. The van der Waals surface area contributed by atoms with Crippen molar-refractivity contribution in [1.82, 2.24) is 37.8 Å². The molecular weight excluding hydrogens is 1080 g/mol. The number of rotatable bonds is 9. The number of hydrogen-bond acceptors (Lipinski definition) is 10. The summed E-state index contributed by atoms with van der Waals surface area (Å²) in [6.45, 7) is 11.4. The summed E-state index contributed by atoms with van der Waals surface area (Å²) >= 11 is 0. The highest BCUT2D eigenvalue weighted by molar-refractivity contribution is 7.88. The van der Waals surface area contributed by atoms with E-state index >= 15 is 0 Å². The fourth-order valence-corrected chi connectivity index (χ4v) is 14.8. The molecule has 4 saturated heterocycles. The zero-order chi connectivity index (χ0) is 56.7. The number of aromatic nitrogens is 4. The third-order valence-electron chi connectivity index (χ3n) is 16.0. The molecule has 9 aromatic rings. The van der Waals surface area contributed by atoms with Crippen molar-refractivity contribution in [3.05, 3.63) is 163 Å². The Hall–Kier alpha value is -7.14. The molecule has 21 heteroatoms. The van der Waals surface area contributed by atoms with E-state index < -0.39 is 30.1 Å². The molecule has 4 fully saturated rings. The van der Waals surface area contributed by atoms with Crippen molar-refractivity contribution >= 4 is 96.7 Å². The maximum absolute atomic E-state index is 12.7. The van der Waals surface area contributed by atoms with Gasteiger partial charge in [-0.15, -0.1) is 0 Å². The van der Waals surface area contributed by atoms with Crippen LogP contribution in [0.25, 0.3) is 43.6 Å². The van der Waals surface area contributed by atoms with E-state index in [9.17, 15) is 30.0 Å². The predicted octanol–water partition coefficient (Wildman–Crippen LogP) is 8.21. The Labute approximate surface area is 475 Å². The number of carbonyl (C=O) groups is 1. The summed E-state index contributed by atoms with van der Waals surface area (Å²) in [6.07, 6.45) is 12.2. The molecule has 1 amide bonds. The van der Waals surface area contributed by atoms with Gasteiger partial charge in [-0.25, -0.2) is 29.6 Å². The van der Waals surface area contributed by atoms with Crippen LogP contribution < -0.4 is 14.7 Å². The lowest BCUT2D eigenvalue weighted by molar-refractivity contribution is -0.129. The van der Waals surface area contributed by atoms with E-state index in [2.05, 4.69) is 113 Å². The minimum absolute atomic E-state index is 0.0707. The largest absolute Gasteiger partial charge is 0.368 e. The lowest BCUT2D eigenvalue weighted by atomic mass is 9.88. The second kappa shape index (κ2) is 24.9. The van der Waals surface area contributed by atoms with Gasteiger partial charge < -0.3 is 39.5 Å². The van der Waals surface area contributed by atoms with Crippen molar-refractivity contribution in [3.63, 3.8) is 0 Å². The summed E-state index contributed by atoms with van der Waals surface area (Å²) < 4.78 is 76.1. The highest BCUT2D eigenvalue weighted by Crippen LogP contribution is 2.34. The number of nitrogens with one attached hydrogen (secondary N) is 4. The van der Waals surface area contributed by atoms with E-state index in [1.807, 2.05) is 78.2 Å². The molecule has 13 rings (SSSR count). The van der Waals surface area contributed by atoms with Crippen LogP contribution in [0.3, 0.4) is 0 Å². The van der Waals surface area contributed by atoms with E-state index in [0.29, 0.717) is 58.3 Å². The molecule has 8 heterocycles. The zero-order valence-corrected chi connectivity index (χ0v) is 48.7. The number of hydrogen-bond donors (Lipinski definition) is 4. The van der Waals surface area contributed by atoms with Gasteiger partial charge in [0.2, 0.25) is 36.0 Å². The van der Waals surface area contributed by atoms with Crippen LogP contribution in [0.15, 0.2) is 152 Å². The van der Waals surface area contributed by atoms with Crippen LogP contribution in [-0.2, 0) is 40.6 Å². The van der Waals surface area contributed by atoms with Gasteiger partial charge >= 0.3 is 0 Å². The molecule has 0 unspecified atom stereocenters. The normalized spacial score (nSPS) is 17.4. The lowest BCUT2D eigenvalue weighted by Crippen LogP contribution is -2.49. The SMILES string of the molecule is CC(=O)N1CCN(c2cccc3[nH]ccc23)CC1.CS(=O)(=O)N1CCC(c2cccc3[nH]ccc23)CC1.CS(=O)(=O)N1CCN(c2cccc3[nH]ccc23)CC1.O=S(=O)(Cc1ccccc1)N1CCN(c2cccc3[nH]ccc23)CC1. The van der Waals surface area contributed by atoms with Crippen molar-refractivity contribution in [3.8, 4) is 0 Å². The molecule has 0 radical (unpaired) electrons. The molecule has 0 saturated carbocycles. The smallest absolute Gasteiger partial charge is 0.219 e. The lowest BCUT2D eigenvalue weighted by Gasteiger charge is -2.36. The van der Waals surface area contributed by atoms with E-state index in [0.717, 1.165) is 74.2 Å². The van der Waals surface area contributed by atoms with Gasteiger partial charge in [-0.2, -0.15) is 8.61 Å². The van der Waals surface area contributed by atoms with Crippen LogP contribution in [0.5, 0.6) is 0 Å². The molecular formula is C60H73N11O7S3. The maximum atomic E-state index is 12.7. The highest BCUT2D eigenvalue weighted by Gasteiger charge is 2.30. The highest BCUT2D eigenvalue weighted by atomic mass is 32.2. The van der Waals surface area contributed by atoms with Crippen LogP contribution in [-0.4, -0.2) is 173 Å². The van der Waals surface area contributed by atoms with E-state index in [4.69, 9.17) is 0 Å². The van der Waals surface area contributed by atoms with Gasteiger partial charge in [0.05, 0.1) is 18.3 Å². The molecule has 18 nitrogen and oxygen atoms in total. The topological polar surface area (TPSA) is 205 Å². The van der Waals surface area contributed by atoms with Crippen LogP contribution >= 0.6 is 0 Å². The molecule has 0 bridgehead atoms. The fraction of sp³-hybridized carbons (Fsp3) is 0.350. The third-order valence-corrected chi connectivity index (χ3v) is 20.4. The summed E-state index contributed by atoms with van der Waals surface area (Å²) in [4.78, 5) is 33.0. The van der Waals surface area contributed by atoms with Gasteiger partial charge in [0, 0.05) is 184 Å². The number of fused-ring (bicyclic) bond motifs is 4. The average Bonchev–Trinajstić information content (AvgIpc) is 4.35. The van der Waals surface area contributed by atoms with Gasteiger partial charge in [0.1, 0.15) is 0 Å². The average molecular weight is 1160 g/mol. The number of anilines is 3. The third kappa shape index (κ3) is 13.6. The Morgan fingerprint density at radius 2 is 0.790 bits per heavy atom. The minimum Gasteiger partial charge on any atom is -0.368 e. The summed E-state index contributed by atoms with van der Waals surface area (Å²) in [5.74, 6) is 0.702. The molecule has 4 aliphatic heterocycles. The fourth-order valence-electron chi connectivity index (χ4n) is 11.6. The van der Waals surface area contributed by atoms with Gasteiger partial charge in [0.25, 0.3) is 0 Å². The molecule has 5 aromatic carbocycles. The van der Waals surface area contributed by atoms with Crippen molar-refractivity contribution in [2.24, 2.45) is 0 Å². The van der Waals surface area contributed by atoms with E-state index in [-0.39, 0.29) is 11.7 Å². The Bertz CT molecular complexity index is 3780. The number of carbonyl (C=O) groups excluding carboxylic acids is 1. The van der Waals surface area contributed by atoms with Crippen molar-refractivity contribution in [2.75, 3.05) is 119 Å². The Morgan fingerprint density at radius 1 is 0.420 bits per heavy atom. The number of amides is 1. The van der Waals surface area contributed by atoms with Gasteiger partial charge in [0.15, 0.2) is 0 Å². The summed E-state index contributed by atoms with van der Waals surface area (Å²) in [5, 5.41) is 4.90. The molecule has 4 aromatic heterocycles. The number of sulfonamides is 3. The first-order chi connectivity index (χ1) is 39.0. The number of aromatic amines is 4. The molecule has 0 atom stereocenters. The number of piperidine rings is 1. The van der Waals surface area contributed by atoms with E-state index in [1.54, 1.807) is 19.8 Å². The number of H-pyrrole nitrogens is 4. The number of nitrogens with zero attached hydrogens (tertiary/aromatic N) is 7. The van der Waals surface area contributed by atoms with Crippen molar-refractivity contribution in [2.45, 2.75) is 31.4 Å². The van der Waals surface area contributed by atoms with Crippen LogP contribution in [0.1, 0.15) is 36.8 Å². The number of benzene rings is 5. The number of piperazine rings is 3. The van der Waals surface area contributed by atoms with Crippen molar-refractivity contribution < 1.29 is 30.0 Å². The molecule has 428 valence electrons. The molecule has 0 aliphatic carbocycles. The van der Waals surface area contributed by atoms with Gasteiger partial charge in [-0.3, -0.25) is 4.79 Å². The maximum Gasteiger partial charge on any atom is 0.219 e. The first kappa shape index (κ1) is 57.1. The van der Waals surface area contributed by atoms with Crippen LogP contribution in [0.4, 0.5) is 17.1 Å². The first-order valence-electron chi connectivity index (χ1n) is 27.7. The van der Waals surface area contributed by atoms with Gasteiger partial charge in [-0.05, 0) is 96.6 Å². The standard InChI is InChI=1S/C19H21N3O2S.C14H17N3O.C14H18N2O2S.C13H17N3O2S/c23-25(24,15-16-5-2-1-3-6-16)22-13-11-21(12-14-22)19-8-4-7-18-17(19)9-10-20-18;1-11(18)16-7-9-17(10-8-16)14-4-2-3-13-12(14)5-6-15-13;1-19(17,18)16-9-6-11(7-10-16)12-3-2-4-14-13(12)5-8-15-14;1-19(17,18)16-9-7-15(8-10-16)13-4-2-3-12-11(13)5-6-14-12/h1-10,20H,11-15H2;2-6,15H,7-10H2,1H3;2-5,8,11,15H,6-7,9-10H2,1H3;2-6,14H,7-10H2,1H3. The van der Waals surface area contributed by atoms with Crippen LogP contribution in [0.2, 0.25) is 0 Å². The predicted molar refractivity (Wildman–Crippen MR) is 328 cm³/mol. The molecule has 81 heavy (non-hydrogen) atoms. The first-order valence-corrected chi connectivity index (χ1v) is 33.0. The molecule has 4 aliphatic rings. The summed E-state index contributed by atoms with van der Waals surface area (Å²) in [6, 6.07) is 42.7. The van der Waals surface area contributed by atoms with Crippen molar-refractivity contribution in [1.29, 1.82) is 0 Å². The Morgan fingerprint density at radius 3 is 1.21 bits per heavy atom. The zero-order valence-electron chi connectivity index (χ0n) is 46.2. The van der Waals surface area contributed by atoms with Crippen LogP contribution in [0, 0.1) is 0 Å². The van der Waals surface area contributed by atoms with Gasteiger partial charge in [-0.1, -0.05) is 60.7 Å². The van der Waals surface area contributed by atoms with E-state index in [1.165, 1.54) is 62.2 Å². The summed E-state index contributed by atoms with van der Waals surface area (Å²) in [5.41, 5.74) is 10.3. The molecule has 4 N–H and O–H groups in total. The second-order valence-electron chi connectivity index (χ2n) is 21.1. The summed E-state index contributed by atoms with van der Waals surface area (Å²) in [7, 11) is -9.37. The molecule has 0 spiro atoms. The Balaban J connectivity index is 0.000000122.